The summed E-state index contributed by atoms with van der Waals surface area (Å²) in [5.74, 6) is 0.0135. The number of imidazole rings is 1. The Morgan fingerprint density at radius 2 is 2.22 bits per heavy atom. The van der Waals surface area contributed by atoms with E-state index in [1.165, 1.54) is 0 Å². The van der Waals surface area contributed by atoms with Gasteiger partial charge in [-0.15, -0.1) is 0 Å². The molecule has 1 amide bonds. The molecule has 0 saturated carbocycles. The Hall–Kier alpha value is -1.36. The van der Waals surface area contributed by atoms with Gasteiger partial charge in [0, 0.05) is 44.4 Å². The van der Waals surface area contributed by atoms with E-state index in [-0.39, 0.29) is 17.4 Å². The molecule has 1 atom stereocenters. The molecule has 3 N–H and O–H groups in total. The van der Waals surface area contributed by atoms with Gasteiger partial charge in [-0.1, -0.05) is 20.8 Å². The van der Waals surface area contributed by atoms with Crippen LogP contribution in [0.4, 0.5) is 0 Å². The van der Waals surface area contributed by atoms with Crippen molar-refractivity contribution in [1.29, 1.82) is 0 Å². The van der Waals surface area contributed by atoms with Gasteiger partial charge in [0.05, 0.1) is 6.33 Å². The fourth-order valence-corrected chi connectivity index (χ4v) is 1.76. The van der Waals surface area contributed by atoms with Crippen LogP contribution in [0.3, 0.4) is 0 Å². The van der Waals surface area contributed by atoms with E-state index in [1.54, 1.807) is 6.33 Å². The number of aromatic nitrogens is 2. The van der Waals surface area contributed by atoms with Crippen LogP contribution in [0.15, 0.2) is 12.5 Å². The minimum absolute atomic E-state index is 0.00543. The predicted molar refractivity (Wildman–Crippen MR) is 72.0 cm³/mol. The number of amides is 1. The Bertz CT molecular complexity index is 392. The Morgan fingerprint density at radius 1 is 1.56 bits per heavy atom. The lowest BCUT2D eigenvalue weighted by Gasteiger charge is -2.31. The van der Waals surface area contributed by atoms with Gasteiger partial charge in [0.2, 0.25) is 5.91 Å². The lowest BCUT2D eigenvalue weighted by atomic mass is 9.84. The average Bonchev–Trinajstić information content (AvgIpc) is 2.62. The summed E-state index contributed by atoms with van der Waals surface area (Å²) >= 11 is 0. The minimum atomic E-state index is -0.00543. The zero-order valence-electron chi connectivity index (χ0n) is 11.7. The van der Waals surface area contributed by atoms with Gasteiger partial charge in [-0.25, -0.2) is 4.98 Å². The molecule has 0 aliphatic rings. The summed E-state index contributed by atoms with van der Waals surface area (Å²) in [6, 6.07) is 0.0759. The second-order valence-corrected chi connectivity index (χ2v) is 5.72. The molecule has 5 nitrogen and oxygen atoms in total. The second kappa shape index (κ2) is 6.00. The summed E-state index contributed by atoms with van der Waals surface area (Å²) in [7, 11) is 1.96. The van der Waals surface area contributed by atoms with Gasteiger partial charge >= 0.3 is 0 Å². The molecule has 1 unspecified atom stereocenters. The third-order valence-corrected chi connectivity index (χ3v) is 3.08. The molecule has 0 saturated heterocycles. The number of aryl methyl sites for hydroxylation is 1. The van der Waals surface area contributed by atoms with Crippen molar-refractivity contribution in [3.63, 3.8) is 0 Å². The molecule has 1 aromatic heterocycles. The maximum Gasteiger partial charge on any atom is 0.221 e. The molecule has 0 radical (unpaired) electrons. The van der Waals surface area contributed by atoms with E-state index in [0.717, 1.165) is 12.1 Å². The summed E-state index contributed by atoms with van der Waals surface area (Å²) in [6.45, 7) is 6.75. The Kier molecular flexibility index (Phi) is 4.90. The number of hydrogen-bond donors (Lipinski definition) is 2. The van der Waals surface area contributed by atoms with Crippen molar-refractivity contribution in [2.75, 3.05) is 6.54 Å². The zero-order chi connectivity index (χ0) is 13.8. The molecule has 0 aromatic carbocycles. The summed E-state index contributed by atoms with van der Waals surface area (Å²) < 4.78 is 1.98. The van der Waals surface area contributed by atoms with Crippen LogP contribution < -0.4 is 11.1 Å². The number of rotatable bonds is 5. The molecule has 0 bridgehead atoms. The highest BCUT2D eigenvalue weighted by Crippen LogP contribution is 2.22. The smallest absolute Gasteiger partial charge is 0.221 e. The molecule has 1 heterocycles. The topological polar surface area (TPSA) is 72.9 Å². The first kappa shape index (κ1) is 14.7. The molecule has 1 rings (SSSR count). The number of nitrogens with zero attached hydrogens (tertiary/aromatic N) is 2. The molecule has 18 heavy (non-hydrogen) atoms. The standard InChI is InChI=1S/C13H24N4O/c1-13(2,3)11(16-12(18)5-6-14)7-10-8-15-9-17(10)4/h8-9,11H,5-7,14H2,1-4H3,(H,16,18). The summed E-state index contributed by atoms with van der Waals surface area (Å²) in [5.41, 5.74) is 6.51. The monoisotopic (exact) mass is 252 g/mol. The van der Waals surface area contributed by atoms with E-state index < -0.39 is 0 Å². The van der Waals surface area contributed by atoms with Crippen molar-refractivity contribution in [3.8, 4) is 0 Å². The second-order valence-electron chi connectivity index (χ2n) is 5.72. The largest absolute Gasteiger partial charge is 0.352 e. The average molecular weight is 252 g/mol. The van der Waals surface area contributed by atoms with Crippen LogP contribution in [0.1, 0.15) is 32.9 Å². The van der Waals surface area contributed by atoms with Crippen LogP contribution in [0.5, 0.6) is 0 Å². The van der Waals surface area contributed by atoms with Gasteiger partial charge in [-0.2, -0.15) is 0 Å². The third-order valence-electron chi connectivity index (χ3n) is 3.08. The molecular formula is C13H24N4O. The summed E-state index contributed by atoms with van der Waals surface area (Å²) in [6.07, 6.45) is 4.76. The first-order valence-corrected chi connectivity index (χ1v) is 6.29. The van der Waals surface area contributed by atoms with E-state index in [4.69, 9.17) is 5.73 Å². The highest BCUT2D eigenvalue weighted by atomic mass is 16.1. The van der Waals surface area contributed by atoms with E-state index in [2.05, 4.69) is 31.1 Å². The van der Waals surface area contributed by atoms with Crippen LogP contribution >= 0.6 is 0 Å². The Balaban J connectivity index is 2.74. The van der Waals surface area contributed by atoms with Gasteiger partial charge < -0.3 is 15.6 Å². The zero-order valence-corrected chi connectivity index (χ0v) is 11.7. The number of nitrogens with two attached hydrogens (primary N) is 1. The van der Waals surface area contributed by atoms with E-state index in [0.29, 0.717) is 13.0 Å². The Morgan fingerprint density at radius 3 is 2.67 bits per heavy atom. The van der Waals surface area contributed by atoms with Gasteiger partial charge in [0.25, 0.3) is 0 Å². The van der Waals surface area contributed by atoms with E-state index in [1.807, 2.05) is 17.8 Å². The van der Waals surface area contributed by atoms with Crippen LogP contribution in [-0.2, 0) is 18.3 Å². The fourth-order valence-electron chi connectivity index (χ4n) is 1.76. The molecule has 0 aliphatic carbocycles. The molecule has 5 heteroatoms. The predicted octanol–water partition coefficient (Wildman–Crippen LogP) is 0.842. The van der Waals surface area contributed by atoms with Gasteiger partial charge in [0.15, 0.2) is 0 Å². The molecular weight excluding hydrogens is 228 g/mol. The van der Waals surface area contributed by atoms with Crippen molar-refractivity contribution in [3.05, 3.63) is 18.2 Å². The molecule has 1 aromatic rings. The third kappa shape index (κ3) is 4.14. The Labute approximate surface area is 109 Å². The van der Waals surface area contributed by atoms with Gasteiger partial charge in [0.1, 0.15) is 0 Å². The molecule has 0 fully saturated rings. The number of nitrogens with one attached hydrogen (secondary N) is 1. The SMILES string of the molecule is Cn1cncc1CC(NC(=O)CCN)C(C)(C)C. The van der Waals surface area contributed by atoms with Crippen LogP contribution in [-0.4, -0.2) is 28.0 Å². The first-order valence-electron chi connectivity index (χ1n) is 6.29. The van der Waals surface area contributed by atoms with Gasteiger partial charge in [-0.3, -0.25) is 4.79 Å². The fraction of sp³-hybridized carbons (Fsp3) is 0.692. The van der Waals surface area contributed by atoms with Crippen molar-refractivity contribution in [1.82, 2.24) is 14.9 Å². The maximum absolute atomic E-state index is 11.7. The summed E-state index contributed by atoms with van der Waals surface area (Å²) in [5, 5.41) is 3.06. The number of carbonyl (C=O) groups is 1. The van der Waals surface area contributed by atoms with Gasteiger partial charge in [-0.05, 0) is 5.41 Å². The van der Waals surface area contributed by atoms with E-state index >= 15 is 0 Å². The molecule has 0 aliphatic heterocycles. The summed E-state index contributed by atoms with van der Waals surface area (Å²) in [4.78, 5) is 15.8. The lowest BCUT2D eigenvalue weighted by Crippen LogP contribution is -2.45. The number of hydrogen-bond acceptors (Lipinski definition) is 3. The highest BCUT2D eigenvalue weighted by molar-refractivity contribution is 5.76. The quantitative estimate of drug-likeness (QED) is 0.815. The molecule has 102 valence electrons. The molecule has 0 spiro atoms. The van der Waals surface area contributed by atoms with Crippen molar-refractivity contribution in [2.24, 2.45) is 18.2 Å². The minimum Gasteiger partial charge on any atom is -0.352 e. The van der Waals surface area contributed by atoms with Crippen LogP contribution in [0, 0.1) is 5.41 Å². The van der Waals surface area contributed by atoms with Crippen molar-refractivity contribution < 1.29 is 4.79 Å². The normalized spacial score (nSPS) is 13.4. The number of carbonyl (C=O) groups excluding carboxylic acids is 1. The highest BCUT2D eigenvalue weighted by Gasteiger charge is 2.27. The van der Waals surface area contributed by atoms with E-state index in [9.17, 15) is 4.79 Å². The van der Waals surface area contributed by atoms with Crippen LogP contribution in [0.25, 0.3) is 0 Å². The van der Waals surface area contributed by atoms with Crippen LogP contribution in [0.2, 0.25) is 0 Å². The van der Waals surface area contributed by atoms with Crippen molar-refractivity contribution in [2.45, 2.75) is 39.7 Å². The first-order chi connectivity index (χ1) is 8.34. The lowest BCUT2D eigenvalue weighted by molar-refractivity contribution is -0.122. The van der Waals surface area contributed by atoms with Crippen molar-refractivity contribution >= 4 is 5.91 Å². The maximum atomic E-state index is 11.7.